The van der Waals surface area contributed by atoms with Gasteiger partial charge in [-0.1, -0.05) is 19.1 Å². The van der Waals surface area contributed by atoms with Crippen molar-refractivity contribution < 1.29 is 0 Å². The van der Waals surface area contributed by atoms with Crippen LogP contribution >= 0.6 is 12.6 Å². The molecule has 13 heavy (non-hydrogen) atoms. The summed E-state index contributed by atoms with van der Waals surface area (Å²) in [5, 5.41) is 0. The molecule has 0 aromatic heterocycles. The van der Waals surface area contributed by atoms with Crippen molar-refractivity contribution in [1.29, 1.82) is 0 Å². The highest BCUT2D eigenvalue weighted by atomic mass is 32.1. The molecule has 0 aromatic rings. The van der Waals surface area contributed by atoms with Crippen LogP contribution in [-0.2, 0) is 0 Å². The molecule has 2 heteroatoms. The van der Waals surface area contributed by atoms with Crippen LogP contribution in [0.15, 0.2) is 12.2 Å². The number of hydrogen-bond acceptors (Lipinski definition) is 2. The maximum absolute atomic E-state index is 4.16. The maximum Gasteiger partial charge on any atom is 0.0169 e. The van der Waals surface area contributed by atoms with Crippen LogP contribution in [0, 0.1) is 0 Å². The summed E-state index contributed by atoms with van der Waals surface area (Å²) < 4.78 is 0. The highest BCUT2D eigenvalue weighted by Gasteiger charge is 2.27. The third-order valence-electron chi connectivity index (χ3n) is 3.01. The van der Waals surface area contributed by atoms with E-state index in [2.05, 4.69) is 43.5 Å². The van der Waals surface area contributed by atoms with E-state index in [9.17, 15) is 0 Å². The van der Waals surface area contributed by atoms with Crippen molar-refractivity contribution in [2.24, 2.45) is 0 Å². The Kier molecular flexibility index (Phi) is 4.89. The monoisotopic (exact) mass is 199 g/mol. The standard InChI is InChI=1S/C11H21NS/c1-3-11-7-6-10(2)12(11)8-4-5-9-13/h4-5,10-11,13H,3,6-9H2,1-2H3/b5-4+. The topological polar surface area (TPSA) is 3.24 Å². The van der Waals surface area contributed by atoms with Crippen molar-refractivity contribution in [3.05, 3.63) is 12.2 Å². The van der Waals surface area contributed by atoms with Gasteiger partial charge >= 0.3 is 0 Å². The van der Waals surface area contributed by atoms with Gasteiger partial charge in [0.15, 0.2) is 0 Å². The van der Waals surface area contributed by atoms with Gasteiger partial charge < -0.3 is 0 Å². The van der Waals surface area contributed by atoms with Crippen LogP contribution in [-0.4, -0.2) is 29.3 Å². The Morgan fingerprint density at radius 2 is 2.15 bits per heavy atom. The summed E-state index contributed by atoms with van der Waals surface area (Å²) in [6.07, 6.45) is 8.43. The van der Waals surface area contributed by atoms with Gasteiger partial charge in [0.1, 0.15) is 0 Å². The van der Waals surface area contributed by atoms with E-state index >= 15 is 0 Å². The number of thiol groups is 1. The van der Waals surface area contributed by atoms with E-state index in [1.54, 1.807) is 0 Å². The SMILES string of the molecule is CCC1CCC(C)N1C/C=C/CS. The van der Waals surface area contributed by atoms with E-state index in [-0.39, 0.29) is 0 Å². The quantitative estimate of drug-likeness (QED) is 0.538. The molecule has 1 aliphatic heterocycles. The van der Waals surface area contributed by atoms with Crippen LogP contribution < -0.4 is 0 Å². The largest absolute Gasteiger partial charge is 0.294 e. The highest BCUT2D eigenvalue weighted by Crippen LogP contribution is 2.25. The van der Waals surface area contributed by atoms with Gasteiger partial charge in [-0.05, 0) is 26.2 Å². The fourth-order valence-corrected chi connectivity index (χ4v) is 2.31. The summed E-state index contributed by atoms with van der Waals surface area (Å²) in [5.41, 5.74) is 0. The van der Waals surface area contributed by atoms with Crippen LogP contribution in [0.4, 0.5) is 0 Å². The van der Waals surface area contributed by atoms with Crippen LogP contribution in [0.1, 0.15) is 33.1 Å². The van der Waals surface area contributed by atoms with E-state index in [1.165, 1.54) is 19.3 Å². The van der Waals surface area contributed by atoms with Gasteiger partial charge in [0.2, 0.25) is 0 Å². The molecule has 2 unspecified atom stereocenters. The molecule has 1 fully saturated rings. The minimum atomic E-state index is 0.773. The average molecular weight is 199 g/mol. The molecular weight excluding hydrogens is 178 g/mol. The normalized spacial score (nSPS) is 30.4. The first-order valence-corrected chi connectivity index (χ1v) is 5.94. The second-order valence-corrected chi connectivity index (χ2v) is 4.20. The first-order valence-electron chi connectivity index (χ1n) is 5.31. The predicted octanol–water partition coefficient (Wildman–Crippen LogP) is 2.74. The zero-order valence-corrected chi connectivity index (χ0v) is 9.63. The Morgan fingerprint density at radius 3 is 2.77 bits per heavy atom. The molecule has 0 spiro atoms. The molecule has 1 saturated heterocycles. The minimum Gasteiger partial charge on any atom is -0.294 e. The zero-order valence-electron chi connectivity index (χ0n) is 8.74. The lowest BCUT2D eigenvalue weighted by Gasteiger charge is -2.26. The van der Waals surface area contributed by atoms with Gasteiger partial charge in [-0.3, -0.25) is 4.90 Å². The van der Waals surface area contributed by atoms with Crippen LogP contribution in [0.2, 0.25) is 0 Å². The maximum atomic E-state index is 4.16. The summed E-state index contributed by atoms with van der Waals surface area (Å²) in [6, 6.07) is 1.59. The van der Waals surface area contributed by atoms with Crippen molar-refractivity contribution >= 4 is 12.6 Å². The second kappa shape index (κ2) is 5.71. The summed E-state index contributed by atoms with van der Waals surface area (Å²) in [7, 11) is 0. The molecule has 0 amide bonds. The Labute approximate surface area is 87.6 Å². The average Bonchev–Trinajstić information content (AvgIpc) is 2.48. The fourth-order valence-electron chi connectivity index (χ4n) is 2.16. The summed E-state index contributed by atoms with van der Waals surface area (Å²) in [5.74, 6) is 0.860. The third kappa shape index (κ3) is 3.03. The predicted molar refractivity (Wildman–Crippen MR) is 62.5 cm³/mol. The van der Waals surface area contributed by atoms with E-state index < -0.39 is 0 Å². The molecule has 76 valence electrons. The van der Waals surface area contributed by atoms with Crippen LogP contribution in [0.5, 0.6) is 0 Å². The number of rotatable bonds is 4. The molecule has 0 aliphatic carbocycles. The van der Waals surface area contributed by atoms with E-state index in [0.717, 1.165) is 24.4 Å². The lowest BCUT2D eigenvalue weighted by atomic mass is 10.1. The van der Waals surface area contributed by atoms with Gasteiger partial charge in [-0.2, -0.15) is 12.6 Å². The summed E-state index contributed by atoms with van der Waals surface area (Å²) in [4.78, 5) is 2.61. The van der Waals surface area contributed by atoms with Crippen LogP contribution in [0.3, 0.4) is 0 Å². The molecule has 2 atom stereocenters. The molecule has 1 aliphatic rings. The molecule has 0 N–H and O–H groups in total. The number of hydrogen-bond donors (Lipinski definition) is 1. The number of nitrogens with zero attached hydrogens (tertiary/aromatic N) is 1. The van der Waals surface area contributed by atoms with Crippen LogP contribution in [0.25, 0.3) is 0 Å². The Morgan fingerprint density at radius 1 is 1.38 bits per heavy atom. The molecule has 1 rings (SSSR count). The Hall–Kier alpha value is 0.0500. The van der Waals surface area contributed by atoms with E-state index in [0.29, 0.717) is 0 Å². The molecule has 0 saturated carbocycles. The van der Waals surface area contributed by atoms with E-state index in [1.807, 2.05) is 0 Å². The highest BCUT2D eigenvalue weighted by molar-refractivity contribution is 7.80. The smallest absolute Gasteiger partial charge is 0.0169 e. The molecule has 0 bridgehead atoms. The van der Waals surface area contributed by atoms with Gasteiger partial charge in [-0.15, -0.1) is 0 Å². The number of likely N-dealkylation sites (tertiary alicyclic amines) is 1. The van der Waals surface area contributed by atoms with Gasteiger partial charge in [-0.25, -0.2) is 0 Å². The Balaban J connectivity index is 2.40. The van der Waals surface area contributed by atoms with Gasteiger partial charge in [0.25, 0.3) is 0 Å². The molecule has 1 nitrogen and oxygen atoms in total. The van der Waals surface area contributed by atoms with Gasteiger partial charge in [0.05, 0.1) is 0 Å². The molecule has 0 aromatic carbocycles. The lowest BCUT2D eigenvalue weighted by molar-refractivity contribution is 0.221. The first kappa shape index (κ1) is 11.1. The van der Waals surface area contributed by atoms with Crippen molar-refractivity contribution in [2.75, 3.05) is 12.3 Å². The van der Waals surface area contributed by atoms with Gasteiger partial charge in [0, 0.05) is 24.4 Å². The molecule has 0 radical (unpaired) electrons. The summed E-state index contributed by atoms with van der Waals surface area (Å²) >= 11 is 4.16. The first-order chi connectivity index (χ1) is 6.29. The third-order valence-corrected chi connectivity index (χ3v) is 3.22. The van der Waals surface area contributed by atoms with Crippen molar-refractivity contribution in [3.63, 3.8) is 0 Å². The molecular formula is C11H21NS. The second-order valence-electron chi connectivity index (χ2n) is 3.84. The van der Waals surface area contributed by atoms with Crippen molar-refractivity contribution in [1.82, 2.24) is 4.90 Å². The van der Waals surface area contributed by atoms with Crippen molar-refractivity contribution in [3.8, 4) is 0 Å². The van der Waals surface area contributed by atoms with Crippen molar-refractivity contribution in [2.45, 2.75) is 45.2 Å². The Bertz CT molecular complexity index is 167. The van der Waals surface area contributed by atoms with E-state index in [4.69, 9.17) is 0 Å². The zero-order chi connectivity index (χ0) is 9.68. The lowest BCUT2D eigenvalue weighted by Crippen LogP contribution is -2.34. The fraction of sp³-hybridized carbons (Fsp3) is 0.818. The summed E-state index contributed by atoms with van der Waals surface area (Å²) in [6.45, 7) is 5.74. The minimum absolute atomic E-state index is 0.773. The molecule has 1 heterocycles.